The van der Waals surface area contributed by atoms with Crippen molar-refractivity contribution in [2.45, 2.75) is 25.7 Å². The van der Waals surface area contributed by atoms with Crippen molar-refractivity contribution >= 4 is 0 Å². The molecule has 0 saturated heterocycles. The van der Waals surface area contributed by atoms with Gasteiger partial charge in [-0.2, -0.15) is 0 Å². The molecule has 1 heteroatoms. The van der Waals surface area contributed by atoms with Crippen LogP contribution in [0.25, 0.3) is 0 Å². The van der Waals surface area contributed by atoms with Crippen molar-refractivity contribution in [3.8, 4) is 9.85 Å². The van der Waals surface area contributed by atoms with Gasteiger partial charge in [0.05, 0.1) is 0 Å². The summed E-state index contributed by atoms with van der Waals surface area (Å²) in [4.78, 5) is 0. The van der Waals surface area contributed by atoms with E-state index in [-0.39, 0.29) is 21.2 Å². The number of benzene rings is 1. The molecule has 0 fully saturated rings. The van der Waals surface area contributed by atoms with Crippen molar-refractivity contribution in [3.63, 3.8) is 0 Å². The Labute approximate surface area is 102 Å². The van der Waals surface area contributed by atoms with Crippen LogP contribution in [0.3, 0.4) is 0 Å². The van der Waals surface area contributed by atoms with E-state index >= 15 is 0 Å². The van der Waals surface area contributed by atoms with Gasteiger partial charge in [-0.25, -0.2) is 0 Å². The van der Waals surface area contributed by atoms with Gasteiger partial charge in [0, 0.05) is 5.57 Å². The molecule has 0 radical (unpaired) electrons. The van der Waals surface area contributed by atoms with Crippen molar-refractivity contribution in [1.29, 1.82) is 0 Å². The standard InChI is InChI=1S/C14H14I/c1-3-7-13(8-4-1)11-12-15-14-9-5-2-6-10-14/h2,5-7,9-10H,1,3-4,8H2/q+1. The first kappa shape index (κ1) is 10.8. The predicted octanol–water partition coefficient (Wildman–Crippen LogP) is 0.406. The van der Waals surface area contributed by atoms with Gasteiger partial charge >= 0.3 is 21.2 Å². The fourth-order valence-electron chi connectivity index (χ4n) is 1.57. The van der Waals surface area contributed by atoms with Crippen LogP contribution in [0, 0.1) is 13.4 Å². The largest absolute Gasteiger partial charge is 0.420 e. The van der Waals surface area contributed by atoms with Crippen molar-refractivity contribution in [2.24, 2.45) is 0 Å². The third kappa shape index (κ3) is 3.71. The first-order valence-corrected chi connectivity index (χ1v) is 7.50. The lowest BCUT2D eigenvalue weighted by atomic mass is 10.0. The first-order valence-electron chi connectivity index (χ1n) is 5.34. The van der Waals surface area contributed by atoms with Crippen LogP contribution in [-0.2, 0) is 0 Å². The second-order valence-electron chi connectivity index (χ2n) is 3.58. The summed E-state index contributed by atoms with van der Waals surface area (Å²) in [7, 11) is 0. The van der Waals surface area contributed by atoms with Gasteiger partial charge in [0.1, 0.15) is 0 Å². The average molecular weight is 309 g/mol. The van der Waals surface area contributed by atoms with Gasteiger partial charge in [-0.1, -0.05) is 24.3 Å². The number of halogens is 1. The van der Waals surface area contributed by atoms with Crippen LogP contribution in [0.2, 0.25) is 0 Å². The molecule has 1 aliphatic carbocycles. The Hall–Kier alpha value is -0.750. The maximum atomic E-state index is 3.36. The Morgan fingerprint density at radius 2 is 1.93 bits per heavy atom. The van der Waals surface area contributed by atoms with Gasteiger partial charge in [-0.3, -0.25) is 0 Å². The van der Waals surface area contributed by atoms with E-state index in [1.165, 1.54) is 34.8 Å². The molecule has 0 aliphatic heterocycles. The van der Waals surface area contributed by atoms with Crippen LogP contribution in [0.4, 0.5) is 0 Å². The summed E-state index contributed by atoms with van der Waals surface area (Å²) in [6.07, 6.45) is 7.41. The lowest BCUT2D eigenvalue weighted by Gasteiger charge is -2.04. The molecule has 1 aromatic carbocycles. The topological polar surface area (TPSA) is 0 Å². The second-order valence-corrected chi connectivity index (χ2v) is 5.91. The zero-order valence-corrected chi connectivity index (χ0v) is 10.8. The van der Waals surface area contributed by atoms with Gasteiger partial charge in [0.15, 0.2) is 3.93 Å². The molecule has 0 nitrogen and oxygen atoms in total. The zero-order chi connectivity index (χ0) is 10.3. The van der Waals surface area contributed by atoms with Gasteiger partial charge in [0.2, 0.25) is 3.57 Å². The van der Waals surface area contributed by atoms with Gasteiger partial charge in [-0.05, 0) is 43.7 Å². The summed E-state index contributed by atoms with van der Waals surface area (Å²) in [5.74, 6) is 3.33. The molecule has 76 valence electrons. The normalized spacial score (nSPS) is 15.1. The molecule has 0 atom stereocenters. The van der Waals surface area contributed by atoms with E-state index in [0.29, 0.717) is 0 Å². The lowest BCUT2D eigenvalue weighted by Crippen LogP contribution is -3.59. The SMILES string of the molecule is C(#CC1=CCCCC1)[I+]c1ccccc1. The van der Waals surface area contributed by atoms with Crippen LogP contribution < -0.4 is 21.2 Å². The quantitative estimate of drug-likeness (QED) is 0.521. The maximum absolute atomic E-state index is 3.36. The van der Waals surface area contributed by atoms with E-state index in [9.17, 15) is 0 Å². The average Bonchev–Trinajstić information content (AvgIpc) is 2.32. The molecule has 1 aromatic rings. The molecule has 0 N–H and O–H groups in total. The summed E-state index contributed by atoms with van der Waals surface area (Å²) >= 11 is -0.102. The minimum atomic E-state index is -0.102. The van der Waals surface area contributed by atoms with Gasteiger partial charge in [0.25, 0.3) is 0 Å². The van der Waals surface area contributed by atoms with Crippen molar-refractivity contribution < 1.29 is 21.2 Å². The van der Waals surface area contributed by atoms with Crippen molar-refractivity contribution in [2.75, 3.05) is 0 Å². The molecular formula is C14H14I+. The van der Waals surface area contributed by atoms with Crippen LogP contribution >= 0.6 is 0 Å². The van der Waals surface area contributed by atoms with Crippen LogP contribution in [0.15, 0.2) is 42.0 Å². The van der Waals surface area contributed by atoms with E-state index in [4.69, 9.17) is 0 Å². The summed E-state index contributed by atoms with van der Waals surface area (Å²) in [5, 5.41) is 0. The lowest BCUT2D eigenvalue weighted by molar-refractivity contribution is -0.535. The first-order chi connectivity index (χ1) is 7.45. The number of hydrogen-bond donors (Lipinski definition) is 0. The number of allylic oxidation sites excluding steroid dienone is 2. The van der Waals surface area contributed by atoms with E-state index in [2.05, 4.69) is 46.3 Å². The molecule has 0 unspecified atom stereocenters. The third-order valence-corrected chi connectivity index (χ3v) is 4.27. The number of rotatable bonds is 1. The summed E-state index contributed by atoms with van der Waals surface area (Å²) in [6.45, 7) is 0. The molecule has 15 heavy (non-hydrogen) atoms. The molecule has 2 rings (SSSR count). The highest BCUT2D eigenvalue weighted by Gasteiger charge is 2.07. The Kier molecular flexibility index (Phi) is 4.28. The summed E-state index contributed by atoms with van der Waals surface area (Å²) in [6, 6.07) is 10.6. The highest BCUT2D eigenvalue weighted by atomic mass is 127. The molecule has 0 saturated carbocycles. The summed E-state index contributed by atoms with van der Waals surface area (Å²) in [5.41, 5.74) is 1.37. The van der Waals surface area contributed by atoms with Crippen LogP contribution in [-0.4, -0.2) is 0 Å². The Balaban J connectivity index is 1.93. The Morgan fingerprint density at radius 3 is 2.67 bits per heavy atom. The van der Waals surface area contributed by atoms with Crippen LogP contribution in [0.5, 0.6) is 0 Å². The molecule has 0 spiro atoms. The predicted molar refractivity (Wildman–Crippen MR) is 59.5 cm³/mol. The van der Waals surface area contributed by atoms with Crippen molar-refractivity contribution in [3.05, 3.63) is 45.6 Å². The van der Waals surface area contributed by atoms with Gasteiger partial charge < -0.3 is 0 Å². The highest BCUT2D eigenvalue weighted by Crippen LogP contribution is 2.15. The van der Waals surface area contributed by atoms with Crippen LogP contribution in [0.1, 0.15) is 25.7 Å². The molecule has 0 amide bonds. The molecular weight excluding hydrogens is 295 g/mol. The Morgan fingerprint density at radius 1 is 1.07 bits per heavy atom. The van der Waals surface area contributed by atoms with Crippen molar-refractivity contribution in [1.82, 2.24) is 0 Å². The summed E-state index contributed by atoms with van der Waals surface area (Å²) < 4.78 is 4.78. The fourth-order valence-corrected chi connectivity index (χ4v) is 3.14. The van der Waals surface area contributed by atoms with E-state index in [1.807, 2.05) is 0 Å². The van der Waals surface area contributed by atoms with Gasteiger partial charge in [-0.15, -0.1) is 0 Å². The van der Waals surface area contributed by atoms with E-state index in [1.54, 1.807) is 0 Å². The fraction of sp³-hybridized carbons (Fsp3) is 0.286. The Bertz CT molecular complexity index is 392. The maximum Gasteiger partial charge on any atom is 0.420 e. The molecule has 1 aliphatic rings. The zero-order valence-electron chi connectivity index (χ0n) is 8.67. The molecule has 0 aromatic heterocycles. The van der Waals surface area contributed by atoms with E-state index in [0.717, 1.165) is 0 Å². The smallest absolute Gasteiger partial charge is 0.0728 e. The molecule has 0 bridgehead atoms. The minimum Gasteiger partial charge on any atom is -0.0728 e. The molecule has 0 heterocycles. The second kappa shape index (κ2) is 5.97. The minimum absolute atomic E-state index is 0.102. The highest BCUT2D eigenvalue weighted by molar-refractivity contribution is 5.27. The monoisotopic (exact) mass is 309 g/mol. The number of hydrogen-bond acceptors (Lipinski definition) is 0. The third-order valence-electron chi connectivity index (χ3n) is 2.39. The van der Waals surface area contributed by atoms with E-state index < -0.39 is 0 Å².